The molecule has 0 amide bonds. The quantitative estimate of drug-likeness (QED) is 0.669. The minimum atomic E-state index is 0.0578. The van der Waals surface area contributed by atoms with Crippen LogP contribution in [0.5, 0.6) is 0 Å². The van der Waals surface area contributed by atoms with Crippen LogP contribution < -0.4 is 11.1 Å². The van der Waals surface area contributed by atoms with Gasteiger partial charge in [-0.15, -0.1) is 0 Å². The van der Waals surface area contributed by atoms with Gasteiger partial charge in [0.2, 0.25) is 0 Å². The van der Waals surface area contributed by atoms with E-state index >= 15 is 0 Å². The molecular weight excluding hydrogens is 162 g/mol. The zero-order chi connectivity index (χ0) is 9.10. The Morgan fingerprint density at radius 2 is 2.00 bits per heavy atom. The van der Waals surface area contributed by atoms with Crippen LogP contribution in [0.15, 0.2) is 47.6 Å². The fourth-order valence-corrected chi connectivity index (χ4v) is 1.29. The maximum absolute atomic E-state index is 5.55. The molecule has 0 spiro atoms. The van der Waals surface area contributed by atoms with Crippen LogP contribution in [-0.2, 0) is 0 Å². The SMILES string of the molecule is NC1=NC(c2ccccc2)C=CN1. The lowest BCUT2D eigenvalue weighted by Crippen LogP contribution is -2.30. The van der Waals surface area contributed by atoms with Gasteiger partial charge in [-0.25, -0.2) is 4.99 Å². The minimum Gasteiger partial charge on any atom is -0.370 e. The van der Waals surface area contributed by atoms with Crippen LogP contribution in [0.3, 0.4) is 0 Å². The molecule has 1 heterocycles. The van der Waals surface area contributed by atoms with Crippen LogP contribution >= 0.6 is 0 Å². The summed E-state index contributed by atoms with van der Waals surface area (Å²) < 4.78 is 0. The molecule has 1 aromatic rings. The zero-order valence-electron chi connectivity index (χ0n) is 7.14. The fourth-order valence-electron chi connectivity index (χ4n) is 1.29. The van der Waals surface area contributed by atoms with Crippen molar-refractivity contribution in [2.24, 2.45) is 10.7 Å². The van der Waals surface area contributed by atoms with E-state index in [0.717, 1.165) is 5.56 Å². The molecule has 3 nitrogen and oxygen atoms in total. The van der Waals surface area contributed by atoms with E-state index in [0.29, 0.717) is 5.96 Å². The van der Waals surface area contributed by atoms with E-state index in [1.165, 1.54) is 0 Å². The van der Waals surface area contributed by atoms with Crippen molar-refractivity contribution in [3.8, 4) is 0 Å². The van der Waals surface area contributed by atoms with Crippen molar-refractivity contribution in [3.63, 3.8) is 0 Å². The summed E-state index contributed by atoms with van der Waals surface area (Å²) in [6, 6.07) is 10.1. The third-order valence-electron chi connectivity index (χ3n) is 1.93. The highest BCUT2D eigenvalue weighted by atomic mass is 15.1. The standard InChI is InChI=1S/C10H11N3/c11-10-12-7-6-9(13-10)8-4-2-1-3-5-8/h1-7,9H,(H3,11,12,13). The van der Waals surface area contributed by atoms with Gasteiger partial charge in [0, 0.05) is 6.20 Å². The summed E-state index contributed by atoms with van der Waals surface area (Å²) in [4.78, 5) is 4.25. The second kappa shape index (κ2) is 3.31. The molecule has 1 aliphatic rings. The average Bonchev–Trinajstić information content (AvgIpc) is 2.19. The van der Waals surface area contributed by atoms with Gasteiger partial charge in [-0.05, 0) is 11.6 Å². The van der Waals surface area contributed by atoms with E-state index < -0.39 is 0 Å². The normalized spacial score (nSPS) is 20.6. The van der Waals surface area contributed by atoms with Crippen molar-refractivity contribution >= 4 is 5.96 Å². The maximum Gasteiger partial charge on any atom is 0.193 e. The summed E-state index contributed by atoms with van der Waals surface area (Å²) in [5, 5.41) is 2.83. The average molecular weight is 173 g/mol. The first-order valence-corrected chi connectivity index (χ1v) is 4.18. The van der Waals surface area contributed by atoms with Crippen LogP contribution in [0, 0.1) is 0 Å². The Kier molecular flexibility index (Phi) is 2.00. The number of hydrogen-bond acceptors (Lipinski definition) is 3. The second-order valence-corrected chi connectivity index (χ2v) is 2.87. The molecule has 0 aromatic heterocycles. The minimum absolute atomic E-state index is 0.0578. The van der Waals surface area contributed by atoms with Gasteiger partial charge in [0.1, 0.15) is 0 Å². The first-order valence-electron chi connectivity index (χ1n) is 4.18. The summed E-state index contributed by atoms with van der Waals surface area (Å²) in [5.41, 5.74) is 6.71. The fraction of sp³-hybridized carbons (Fsp3) is 0.100. The first-order chi connectivity index (χ1) is 6.36. The van der Waals surface area contributed by atoms with Crippen LogP contribution in [0.2, 0.25) is 0 Å². The Balaban J connectivity index is 2.27. The molecule has 2 rings (SSSR count). The van der Waals surface area contributed by atoms with Gasteiger partial charge in [0.15, 0.2) is 5.96 Å². The Bertz CT molecular complexity index is 340. The molecule has 3 N–H and O–H groups in total. The summed E-state index contributed by atoms with van der Waals surface area (Å²) in [5.74, 6) is 0.469. The van der Waals surface area contributed by atoms with E-state index in [1.807, 2.05) is 42.6 Å². The summed E-state index contributed by atoms with van der Waals surface area (Å²) in [7, 11) is 0. The molecule has 1 aliphatic heterocycles. The Morgan fingerprint density at radius 3 is 2.69 bits per heavy atom. The lowest BCUT2D eigenvalue weighted by Gasteiger charge is -2.13. The lowest BCUT2D eigenvalue weighted by molar-refractivity contribution is 0.866. The third-order valence-corrected chi connectivity index (χ3v) is 1.93. The van der Waals surface area contributed by atoms with Gasteiger partial charge in [0.25, 0.3) is 0 Å². The number of nitrogens with one attached hydrogen (secondary N) is 1. The summed E-state index contributed by atoms with van der Waals surface area (Å²) in [6.45, 7) is 0. The van der Waals surface area contributed by atoms with Crippen molar-refractivity contribution in [3.05, 3.63) is 48.2 Å². The Hall–Kier alpha value is -1.77. The van der Waals surface area contributed by atoms with Gasteiger partial charge in [-0.2, -0.15) is 0 Å². The number of rotatable bonds is 1. The molecule has 1 aromatic carbocycles. The molecule has 3 heteroatoms. The molecule has 66 valence electrons. The topological polar surface area (TPSA) is 50.4 Å². The van der Waals surface area contributed by atoms with E-state index in [-0.39, 0.29) is 6.04 Å². The molecule has 1 atom stereocenters. The number of guanidine groups is 1. The number of benzene rings is 1. The predicted molar refractivity (Wildman–Crippen MR) is 53.1 cm³/mol. The van der Waals surface area contributed by atoms with E-state index in [1.54, 1.807) is 0 Å². The van der Waals surface area contributed by atoms with Gasteiger partial charge in [0.05, 0.1) is 6.04 Å². The molecule has 13 heavy (non-hydrogen) atoms. The van der Waals surface area contributed by atoms with Crippen molar-refractivity contribution in [2.45, 2.75) is 6.04 Å². The number of hydrogen-bond donors (Lipinski definition) is 2. The zero-order valence-corrected chi connectivity index (χ0v) is 7.14. The molecular formula is C10H11N3. The monoisotopic (exact) mass is 173 g/mol. The number of nitrogens with zero attached hydrogens (tertiary/aromatic N) is 1. The molecule has 0 fully saturated rings. The second-order valence-electron chi connectivity index (χ2n) is 2.87. The highest BCUT2D eigenvalue weighted by molar-refractivity contribution is 5.80. The van der Waals surface area contributed by atoms with Gasteiger partial charge >= 0.3 is 0 Å². The van der Waals surface area contributed by atoms with Crippen molar-refractivity contribution in [2.75, 3.05) is 0 Å². The highest BCUT2D eigenvalue weighted by Gasteiger charge is 2.08. The van der Waals surface area contributed by atoms with Crippen LogP contribution in [-0.4, -0.2) is 5.96 Å². The first kappa shape index (κ1) is 7.86. The molecule has 0 saturated heterocycles. The lowest BCUT2D eigenvalue weighted by atomic mass is 10.1. The highest BCUT2D eigenvalue weighted by Crippen LogP contribution is 2.19. The van der Waals surface area contributed by atoms with E-state index in [2.05, 4.69) is 10.3 Å². The predicted octanol–water partition coefficient (Wildman–Crippen LogP) is 1.16. The Labute approximate surface area is 77.0 Å². The molecule has 0 aliphatic carbocycles. The summed E-state index contributed by atoms with van der Waals surface area (Å²) in [6.07, 6.45) is 3.80. The van der Waals surface area contributed by atoms with Gasteiger partial charge in [-0.1, -0.05) is 30.3 Å². The van der Waals surface area contributed by atoms with Gasteiger partial charge in [-0.3, -0.25) is 0 Å². The van der Waals surface area contributed by atoms with Crippen LogP contribution in [0.1, 0.15) is 11.6 Å². The molecule has 0 saturated carbocycles. The number of aliphatic imine (C=N–C) groups is 1. The molecule has 1 unspecified atom stereocenters. The number of nitrogens with two attached hydrogens (primary N) is 1. The van der Waals surface area contributed by atoms with E-state index in [4.69, 9.17) is 5.73 Å². The van der Waals surface area contributed by atoms with Gasteiger partial charge < -0.3 is 11.1 Å². The largest absolute Gasteiger partial charge is 0.370 e. The van der Waals surface area contributed by atoms with Crippen LogP contribution in [0.25, 0.3) is 0 Å². The maximum atomic E-state index is 5.55. The van der Waals surface area contributed by atoms with Crippen molar-refractivity contribution in [1.29, 1.82) is 0 Å². The smallest absolute Gasteiger partial charge is 0.193 e. The molecule has 0 bridgehead atoms. The Morgan fingerprint density at radius 1 is 1.23 bits per heavy atom. The summed E-state index contributed by atoms with van der Waals surface area (Å²) >= 11 is 0. The van der Waals surface area contributed by atoms with Crippen molar-refractivity contribution in [1.82, 2.24) is 5.32 Å². The molecule has 0 radical (unpaired) electrons. The van der Waals surface area contributed by atoms with Crippen molar-refractivity contribution < 1.29 is 0 Å². The van der Waals surface area contributed by atoms with E-state index in [9.17, 15) is 0 Å². The van der Waals surface area contributed by atoms with Crippen LogP contribution in [0.4, 0.5) is 0 Å². The third kappa shape index (κ3) is 1.69.